The molecule has 7 heteroatoms. The van der Waals surface area contributed by atoms with E-state index in [-0.39, 0.29) is 11.9 Å². The highest BCUT2D eigenvalue weighted by Gasteiger charge is 2.07. The Balaban J connectivity index is 1.99. The summed E-state index contributed by atoms with van der Waals surface area (Å²) < 4.78 is 0. The van der Waals surface area contributed by atoms with Crippen LogP contribution in [0, 0.1) is 0 Å². The number of amides is 3. The first-order valence-corrected chi connectivity index (χ1v) is 6.41. The SMILES string of the molecule is CNC(=O)Nc1ccc(NC(=O)c2cscn2)cc1. The predicted molar refractivity (Wildman–Crippen MR) is 74.6 cm³/mol. The summed E-state index contributed by atoms with van der Waals surface area (Å²) in [7, 11) is 1.54. The van der Waals surface area contributed by atoms with Gasteiger partial charge >= 0.3 is 6.03 Å². The van der Waals surface area contributed by atoms with Crippen LogP contribution >= 0.6 is 11.3 Å². The summed E-state index contributed by atoms with van der Waals surface area (Å²) in [5.41, 5.74) is 3.27. The largest absolute Gasteiger partial charge is 0.341 e. The fourth-order valence-corrected chi connectivity index (χ4v) is 1.88. The Hall–Kier alpha value is -2.41. The standard InChI is InChI=1S/C12H12N4O2S/c1-13-12(18)16-9-4-2-8(3-5-9)15-11(17)10-6-19-7-14-10/h2-7H,1H3,(H,15,17)(H2,13,16,18). The number of hydrogen-bond acceptors (Lipinski definition) is 4. The van der Waals surface area contributed by atoms with Crippen molar-refractivity contribution in [1.29, 1.82) is 0 Å². The van der Waals surface area contributed by atoms with Crippen molar-refractivity contribution in [3.05, 3.63) is 40.8 Å². The summed E-state index contributed by atoms with van der Waals surface area (Å²) >= 11 is 1.36. The van der Waals surface area contributed by atoms with E-state index in [1.165, 1.54) is 18.4 Å². The van der Waals surface area contributed by atoms with Gasteiger partial charge in [0.2, 0.25) is 0 Å². The average molecular weight is 276 g/mol. The third kappa shape index (κ3) is 3.52. The highest BCUT2D eigenvalue weighted by Crippen LogP contribution is 2.14. The van der Waals surface area contributed by atoms with Crippen LogP contribution < -0.4 is 16.0 Å². The van der Waals surface area contributed by atoms with E-state index in [0.29, 0.717) is 17.1 Å². The zero-order valence-electron chi connectivity index (χ0n) is 10.1. The predicted octanol–water partition coefficient (Wildman–Crippen LogP) is 2.15. The number of anilines is 2. The second kappa shape index (κ2) is 5.96. The number of nitrogens with one attached hydrogen (secondary N) is 3. The second-order valence-electron chi connectivity index (χ2n) is 3.61. The summed E-state index contributed by atoms with van der Waals surface area (Å²) in [6.07, 6.45) is 0. The van der Waals surface area contributed by atoms with Crippen molar-refractivity contribution < 1.29 is 9.59 Å². The molecule has 0 saturated carbocycles. The molecule has 0 unspecified atom stereocenters. The molecule has 6 nitrogen and oxygen atoms in total. The van der Waals surface area contributed by atoms with Gasteiger partial charge < -0.3 is 16.0 Å². The molecule has 98 valence electrons. The van der Waals surface area contributed by atoms with Crippen molar-refractivity contribution in [1.82, 2.24) is 10.3 Å². The lowest BCUT2D eigenvalue weighted by Crippen LogP contribution is -2.24. The molecule has 0 bridgehead atoms. The molecule has 0 aliphatic carbocycles. The van der Waals surface area contributed by atoms with Gasteiger partial charge in [-0.3, -0.25) is 4.79 Å². The lowest BCUT2D eigenvalue weighted by atomic mass is 10.2. The van der Waals surface area contributed by atoms with Crippen LogP contribution in [0.25, 0.3) is 0 Å². The van der Waals surface area contributed by atoms with Gasteiger partial charge in [0, 0.05) is 23.8 Å². The lowest BCUT2D eigenvalue weighted by Gasteiger charge is -2.06. The molecule has 2 aromatic rings. The van der Waals surface area contributed by atoms with Crippen LogP contribution in [0.1, 0.15) is 10.5 Å². The van der Waals surface area contributed by atoms with Crippen LogP contribution in [0.5, 0.6) is 0 Å². The van der Waals surface area contributed by atoms with Crippen LogP contribution in [0.2, 0.25) is 0 Å². The van der Waals surface area contributed by atoms with Gasteiger partial charge in [0.1, 0.15) is 5.69 Å². The summed E-state index contributed by atoms with van der Waals surface area (Å²) in [4.78, 5) is 26.8. The minimum absolute atomic E-state index is 0.256. The number of carbonyl (C=O) groups excluding carboxylic acids is 2. The molecule has 0 fully saturated rings. The van der Waals surface area contributed by atoms with Gasteiger partial charge in [-0.25, -0.2) is 9.78 Å². The van der Waals surface area contributed by atoms with Gasteiger partial charge in [-0.1, -0.05) is 0 Å². The van der Waals surface area contributed by atoms with Crippen LogP contribution in [0.4, 0.5) is 16.2 Å². The van der Waals surface area contributed by atoms with E-state index in [9.17, 15) is 9.59 Å². The number of hydrogen-bond donors (Lipinski definition) is 3. The molecular weight excluding hydrogens is 264 g/mol. The van der Waals surface area contributed by atoms with Crippen LogP contribution in [0.15, 0.2) is 35.2 Å². The highest BCUT2D eigenvalue weighted by atomic mass is 32.1. The highest BCUT2D eigenvalue weighted by molar-refractivity contribution is 7.07. The fraction of sp³-hybridized carbons (Fsp3) is 0.0833. The van der Waals surface area contributed by atoms with E-state index in [0.717, 1.165) is 0 Å². The van der Waals surface area contributed by atoms with Crippen molar-refractivity contribution in [2.24, 2.45) is 0 Å². The minimum atomic E-state index is -0.292. The maximum Gasteiger partial charge on any atom is 0.318 e. The quantitative estimate of drug-likeness (QED) is 0.803. The molecule has 0 radical (unpaired) electrons. The third-order valence-corrected chi connectivity index (χ3v) is 2.88. The zero-order chi connectivity index (χ0) is 13.7. The molecule has 3 amide bonds. The van der Waals surface area contributed by atoms with Gasteiger partial charge in [-0.15, -0.1) is 11.3 Å². The lowest BCUT2D eigenvalue weighted by molar-refractivity contribution is 0.102. The molecule has 0 saturated heterocycles. The average Bonchev–Trinajstić information content (AvgIpc) is 2.95. The van der Waals surface area contributed by atoms with Crippen molar-refractivity contribution in [2.45, 2.75) is 0 Å². The smallest absolute Gasteiger partial charge is 0.318 e. The summed E-state index contributed by atoms with van der Waals surface area (Å²) in [6, 6.07) is 6.52. The van der Waals surface area contributed by atoms with Gasteiger partial charge in [0.05, 0.1) is 5.51 Å². The number of rotatable bonds is 3. The van der Waals surface area contributed by atoms with E-state index in [1.807, 2.05) is 0 Å². The van der Waals surface area contributed by atoms with Crippen molar-refractivity contribution in [3.8, 4) is 0 Å². The number of carbonyl (C=O) groups is 2. The first-order chi connectivity index (χ1) is 9.19. The van der Waals surface area contributed by atoms with Crippen LogP contribution in [-0.2, 0) is 0 Å². The van der Waals surface area contributed by atoms with Crippen LogP contribution in [-0.4, -0.2) is 24.0 Å². The molecule has 0 atom stereocenters. The normalized spacial score (nSPS) is 9.74. The molecule has 1 heterocycles. The first-order valence-electron chi connectivity index (χ1n) is 5.47. The fourth-order valence-electron chi connectivity index (χ4n) is 1.35. The third-order valence-electron chi connectivity index (χ3n) is 2.29. The molecule has 3 N–H and O–H groups in total. The number of urea groups is 1. The van der Waals surface area contributed by atoms with Gasteiger partial charge in [-0.2, -0.15) is 0 Å². The first kappa shape index (κ1) is 13.0. The molecule has 0 aliphatic rings. The van der Waals surface area contributed by atoms with E-state index < -0.39 is 0 Å². The Bertz CT molecular complexity index is 566. The van der Waals surface area contributed by atoms with Crippen molar-refractivity contribution >= 4 is 34.6 Å². The van der Waals surface area contributed by atoms with Gasteiger partial charge in [0.15, 0.2) is 0 Å². The van der Waals surface area contributed by atoms with E-state index in [2.05, 4.69) is 20.9 Å². The Morgan fingerprint density at radius 3 is 2.26 bits per heavy atom. The van der Waals surface area contributed by atoms with Crippen molar-refractivity contribution in [3.63, 3.8) is 0 Å². The van der Waals surface area contributed by atoms with E-state index >= 15 is 0 Å². The molecule has 0 spiro atoms. The second-order valence-corrected chi connectivity index (χ2v) is 4.33. The number of nitrogens with zero attached hydrogens (tertiary/aromatic N) is 1. The Labute approximate surface area is 113 Å². The van der Waals surface area contributed by atoms with Crippen LogP contribution in [0.3, 0.4) is 0 Å². The molecule has 2 rings (SSSR count). The number of thiazole rings is 1. The van der Waals surface area contributed by atoms with E-state index in [1.54, 1.807) is 35.2 Å². The molecular formula is C12H12N4O2S. The number of aromatic nitrogens is 1. The Morgan fingerprint density at radius 1 is 1.11 bits per heavy atom. The maximum absolute atomic E-state index is 11.7. The van der Waals surface area contributed by atoms with Gasteiger partial charge in [0.25, 0.3) is 5.91 Å². The molecule has 1 aromatic carbocycles. The Kier molecular flexibility index (Phi) is 4.09. The minimum Gasteiger partial charge on any atom is -0.341 e. The topological polar surface area (TPSA) is 83.1 Å². The van der Waals surface area contributed by atoms with Crippen molar-refractivity contribution in [2.75, 3.05) is 17.7 Å². The van der Waals surface area contributed by atoms with Gasteiger partial charge in [-0.05, 0) is 24.3 Å². The zero-order valence-corrected chi connectivity index (χ0v) is 11.0. The monoisotopic (exact) mass is 276 g/mol. The molecule has 1 aromatic heterocycles. The maximum atomic E-state index is 11.7. The number of benzene rings is 1. The molecule has 19 heavy (non-hydrogen) atoms. The molecule has 0 aliphatic heterocycles. The Morgan fingerprint density at radius 2 is 1.74 bits per heavy atom. The summed E-state index contributed by atoms with van der Waals surface area (Å²) in [6.45, 7) is 0. The summed E-state index contributed by atoms with van der Waals surface area (Å²) in [5, 5.41) is 9.47. The van der Waals surface area contributed by atoms with E-state index in [4.69, 9.17) is 0 Å². The summed E-state index contributed by atoms with van der Waals surface area (Å²) in [5.74, 6) is -0.256.